The molecule has 1 amide bonds. The summed E-state index contributed by atoms with van der Waals surface area (Å²) in [5.41, 5.74) is 0.509. The van der Waals surface area contributed by atoms with Crippen molar-refractivity contribution in [2.45, 2.75) is 11.3 Å². The molecule has 1 saturated heterocycles. The second-order valence-electron chi connectivity index (χ2n) is 5.62. The number of thioether (sulfide) groups is 1. The number of sulfonamides is 1. The summed E-state index contributed by atoms with van der Waals surface area (Å²) in [6.45, 7) is 1.45. The molecule has 0 unspecified atom stereocenters. The molecule has 27 heavy (non-hydrogen) atoms. The first-order chi connectivity index (χ1) is 12.8. The van der Waals surface area contributed by atoms with Gasteiger partial charge < -0.3 is 4.90 Å². The van der Waals surface area contributed by atoms with Crippen LogP contribution in [0.15, 0.2) is 22.4 Å². The number of benzene rings is 1. The molecule has 0 saturated carbocycles. The molecule has 1 N–H and O–H groups in total. The maximum absolute atomic E-state index is 12.6. The van der Waals surface area contributed by atoms with Crippen LogP contribution in [0, 0.1) is 0 Å². The van der Waals surface area contributed by atoms with Crippen molar-refractivity contribution in [3.05, 3.63) is 38.3 Å². The van der Waals surface area contributed by atoms with Gasteiger partial charge in [0.15, 0.2) is 5.13 Å². The maximum atomic E-state index is 12.6. The second-order valence-corrected chi connectivity index (χ2v) is 10.6. The number of carbonyl (C=O) groups is 1. The molecule has 1 fully saturated rings. The number of nitrogens with one attached hydrogen (secondary N) is 1. The van der Waals surface area contributed by atoms with Crippen molar-refractivity contribution < 1.29 is 13.2 Å². The van der Waals surface area contributed by atoms with Gasteiger partial charge >= 0.3 is 0 Å². The predicted octanol–water partition coefficient (Wildman–Crippen LogP) is 4.02. The van der Waals surface area contributed by atoms with Gasteiger partial charge in [-0.25, -0.2) is 13.4 Å². The zero-order chi connectivity index (χ0) is 19.6. The summed E-state index contributed by atoms with van der Waals surface area (Å²) < 4.78 is 27.5. The van der Waals surface area contributed by atoms with Crippen LogP contribution >= 0.6 is 57.9 Å². The third-order valence-electron chi connectivity index (χ3n) is 3.70. The summed E-state index contributed by atoms with van der Waals surface area (Å²) in [7, 11) is -4.05. The average molecular weight is 487 g/mol. The van der Waals surface area contributed by atoms with Gasteiger partial charge in [0.25, 0.3) is 10.0 Å². The lowest BCUT2D eigenvalue weighted by atomic mass is 10.3. The highest BCUT2D eigenvalue weighted by Crippen LogP contribution is 2.34. The number of hydrogen-bond donors (Lipinski definition) is 1. The van der Waals surface area contributed by atoms with Gasteiger partial charge in [-0.05, 0) is 12.1 Å². The molecule has 1 aliphatic rings. The molecule has 0 bridgehead atoms. The smallest absolute Gasteiger partial charge is 0.266 e. The van der Waals surface area contributed by atoms with Gasteiger partial charge in [-0.3, -0.25) is 9.52 Å². The Hall–Kier alpha value is -0.710. The van der Waals surface area contributed by atoms with E-state index in [4.69, 9.17) is 34.8 Å². The molecular formula is C15H14Cl3N3O3S3. The highest BCUT2D eigenvalue weighted by atomic mass is 35.5. The monoisotopic (exact) mass is 485 g/mol. The number of hydrogen-bond acceptors (Lipinski definition) is 6. The SMILES string of the molecule is O=C(Cc1csc(NS(=O)(=O)c2c(Cl)cc(Cl)cc2Cl)n1)N1CCSCC1. The minimum atomic E-state index is -4.05. The van der Waals surface area contributed by atoms with E-state index in [9.17, 15) is 13.2 Å². The zero-order valence-corrected chi connectivity index (χ0v) is 18.5. The molecule has 1 aromatic carbocycles. The van der Waals surface area contributed by atoms with Crippen LogP contribution in [0.5, 0.6) is 0 Å². The fourth-order valence-electron chi connectivity index (χ4n) is 2.47. The fourth-order valence-corrected chi connectivity index (χ4v) is 6.88. The number of thiazole rings is 1. The molecule has 1 aromatic heterocycles. The van der Waals surface area contributed by atoms with E-state index in [1.54, 1.807) is 10.3 Å². The second kappa shape index (κ2) is 8.75. The molecular weight excluding hydrogens is 473 g/mol. The van der Waals surface area contributed by atoms with Crippen LogP contribution in [0.25, 0.3) is 0 Å². The highest BCUT2D eigenvalue weighted by Gasteiger charge is 2.24. The average Bonchev–Trinajstić information content (AvgIpc) is 3.00. The lowest BCUT2D eigenvalue weighted by Gasteiger charge is -2.26. The topological polar surface area (TPSA) is 79.4 Å². The van der Waals surface area contributed by atoms with E-state index >= 15 is 0 Å². The first-order valence-electron chi connectivity index (χ1n) is 7.73. The van der Waals surface area contributed by atoms with Crippen molar-refractivity contribution in [3.63, 3.8) is 0 Å². The number of halogens is 3. The molecule has 1 aliphatic heterocycles. The summed E-state index contributed by atoms with van der Waals surface area (Å²) in [4.78, 5) is 18.0. The molecule has 12 heteroatoms. The Morgan fingerprint density at radius 2 is 1.81 bits per heavy atom. The van der Waals surface area contributed by atoms with Crippen molar-refractivity contribution in [1.82, 2.24) is 9.88 Å². The van der Waals surface area contributed by atoms with Crippen LogP contribution in [0.2, 0.25) is 15.1 Å². The Kier molecular flexibility index (Phi) is 6.81. The van der Waals surface area contributed by atoms with Gasteiger partial charge in [0.2, 0.25) is 5.91 Å². The number of carbonyl (C=O) groups excluding carboxylic acids is 1. The number of aromatic nitrogens is 1. The van der Waals surface area contributed by atoms with Gasteiger partial charge in [-0.2, -0.15) is 11.8 Å². The molecule has 0 atom stereocenters. The van der Waals surface area contributed by atoms with Gasteiger partial charge in [0.1, 0.15) is 4.90 Å². The lowest BCUT2D eigenvalue weighted by Crippen LogP contribution is -2.38. The number of anilines is 1. The fraction of sp³-hybridized carbons (Fsp3) is 0.333. The summed E-state index contributed by atoms with van der Waals surface area (Å²) in [5.74, 6) is 1.84. The Balaban J connectivity index is 1.72. The van der Waals surface area contributed by atoms with Crippen LogP contribution in [0.4, 0.5) is 5.13 Å². The molecule has 2 aromatic rings. The van der Waals surface area contributed by atoms with Crippen LogP contribution in [0.3, 0.4) is 0 Å². The van der Waals surface area contributed by atoms with E-state index in [0.717, 1.165) is 35.9 Å². The van der Waals surface area contributed by atoms with Gasteiger partial charge in [-0.1, -0.05) is 34.8 Å². The zero-order valence-electron chi connectivity index (χ0n) is 13.7. The third-order valence-corrected chi connectivity index (χ3v) is 8.06. The van der Waals surface area contributed by atoms with Crippen LogP contribution in [0.1, 0.15) is 5.69 Å². The van der Waals surface area contributed by atoms with Crippen LogP contribution < -0.4 is 4.72 Å². The van der Waals surface area contributed by atoms with E-state index in [1.165, 1.54) is 12.1 Å². The Morgan fingerprint density at radius 1 is 1.19 bits per heavy atom. The minimum absolute atomic E-state index is 0.0150. The van der Waals surface area contributed by atoms with E-state index in [2.05, 4.69) is 9.71 Å². The van der Waals surface area contributed by atoms with Crippen molar-refractivity contribution in [1.29, 1.82) is 0 Å². The van der Waals surface area contributed by atoms with Gasteiger partial charge in [0.05, 0.1) is 22.2 Å². The number of rotatable bonds is 5. The lowest BCUT2D eigenvalue weighted by molar-refractivity contribution is -0.130. The molecule has 6 nitrogen and oxygen atoms in total. The molecule has 146 valence electrons. The van der Waals surface area contributed by atoms with Crippen molar-refractivity contribution in [3.8, 4) is 0 Å². The van der Waals surface area contributed by atoms with Crippen LogP contribution in [-0.2, 0) is 21.2 Å². The normalized spacial score (nSPS) is 15.0. The standard InChI is InChI=1S/C15H14Cl3N3O3S3/c16-9-5-11(17)14(12(18)6-9)27(23,24)20-15-19-10(8-26-15)7-13(22)21-1-3-25-4-2-21/h5-6,8H,1-4,7H2,(H,19,20). The van der Waals surface area contributed by atoms with E-state index in [1.807, 2.05) is 11.8 Å². The summed E-state index contributed by atoms with van der Waals surface area (Å²) in [6.07, 6.45) is 0.130. The summed E-state index contributed by atoms with van der Waals surface area (Å²) in [6, 6.07) is 2.60. The first kappa shape index (κ1) is 21.0. The summed E-state index contributed by atoms with van der Waals surface area (Å²) in [5, 5.41) is 1.84. The maximum Gasteiger partial charge on any atom is 0.266 e. The van der Waals surface area contributed by atoms with Crippen molar-refractivity contribution in [2.75, 3.05) is 29.3 Å². The number of amides is 1. The summed E-state index contributed by atoms with van der Waals surface area (Å²) >= 11 is 20.7. The molecule has 2 heterocycles. The Bertz CT molecular complexity index is 936. The largest absolute Gasteiger partial charge is 0.341 e. The Labute approximate surface area is 180 Å². The van der Waals surface area contributed by atoms with Gasteiger partial charge in [0, 0.05) is 35.0 Å². The van der Waals surface area contributed by atoms with E-state index in [-0.39, 0.29) is 37.4 Å². The van der Waals surface area contributed by atoms with E-state index < -0.39 is 10.0 Å². The molecule has 0 spiro atoms. The quantitative estimate of drug-likeness (QED) is 0.690. The van der Waals surface area contributed by atoms with Crippen molar-refractivity contribution >= 4 is 79.0 Å². The van der Waals surface area contributed by atoms with Crippen molar-refractivity contribution in [2.24, 2.45) is 0 Å². The van der Waals surface area contributed by atoms with Crippen LogP contribution in [-0.4, -0.2) is 48.8 Å². The molecule has 3 rings (SSSR count). The van der Waals surface area contributed by atoms with E-state index in [0.29, 0.717) is 5.69 Å². The van der Waals surface area contributed by atoms with Gasteiger partial charge in [-0.15, -0.1) is 11.3 Å². The Morgan fingerprint density at radius 3 is 2.44 bits per heavy atom. The molecule has 0 radical (unpaired) electrons. The third kappa shape index (κ3) is 5.21. The highest BCUT2D eigenvalue weighted by molar-refractivity contribution is 7.99. The molecule has 0 aliphatic carbocycles. The minimum Gasteiger partial charge on any atom is -0.341 e. The predicted molar refractivity (Wildman–Crippen MR) is 112 cm³/mol. The number of nitrogens with zero attached hydrogens (tertiary/aromatic N) is 2. The first-order valence-corrected chi connectivity index (χ1v) is 12.4.